The second kappa shape index (κ2) is 22.3. The lowest BCUT2D eigenvalue weighted by molar-refractivity contribution is -0.144. The van der Waals surface area contributed by atoms with E-state index in [0.29, 0.717) is 48.5 Å². The van der Waals surface area contributed by atoms with Crippen LogP contribution in [0.2, 0.25) is 0 Å². The Bertz CT molecular complexity index is 4910. The van der Waals surface area contributed by atoms with Gasteiger partial charge in [0.15, 0.2) is 0 Å². The molecule has 0 aliphatic rings. The van der Waals surface area contributed by atoms with Crippen LogP contribution in [-0.4, -0.2) is 14.1 Å². The van der Waals surface area contributed by atoms with Crippen molar-refractivity contribution in [2.24, 2.45) is 0 Å². The Hall–Kier alpha value is -10.5. The summed E-state index contributed by atoms with van der Waals surface area (Å²) in [5.41, 5.74) is -20.3. The number of alkyl halides is 24. The molecule has 96 heavy (non-hydrogen) atoms. The second-order valence-corrected chi connectivity index (χ2v) is 21.9. The molecule has 12 aromatic rings. The van der Waals surface area contributed by atoms with Gasteiger partial charge in [-0.25, -0.2) is 0 Å². The number of halogens is 24. The van der Waals surface area contributed by atoms with Crippen molar-refractivity contribution in [3.05, 3.63) is 232 Å². The summed E-state index contributed by atoms with van der Waals surface area (Å²) >= 11 is 0. The van der Waals surface area contributed by atoms with Gasteiger partial charge >= 0.3 is 49.4 Å². The van der Waals surface area contributed by atoms with Gasteiger partial charge in [-0.3, -0.25) is 4.98 Å². The van der Waals surface area contributed by atoms with E-state index in [9.17, 15) is 111 Å². The molecule has 3 heterocycles. The van der Waals surface area contributed by atoms with Crippen LogP contribution >= 0.6 is 0 Å². The highest BCUT2D eigenvalue weighted by Gasteiger charge is 2.43. The molecule has 0 aliphatic heterocycles. The van der Waals surface area contributed by atoms with Crippen LogP contribution in [0, 0.1) is 11.3 Å². The molecule has 0 unspecified atom stereocenters. The van der Waals surface area contributed by atoms with Gasteiger partial charge in [0.25, 0.3) is 0 Å². The van der Waals surface area contributed by atoms with Crippen LogP contribution in [0.25, 0.3) is 111 Å². The van der Waals surface area contributed by atoms with E-state index in [1.807, 2.05) is 6.07 Å². The monoisotopic (exact) mass is 1360 g/mol. The number of fused-ring (bicyclic) bond motifs is 6. The van der Waals surface area contributed by atoms with E-state index in [4.69, 9.17) is 0 Å². The van der Waals surface area contributed by atoms with Crippen molar-refractivity contribution in [1.29, 1.82) is 5.26 Å². The SMILES string of the molecule is N#Cc1cc(-n2c3ccc(-c4ccc(C(F)(F)F)cc4C(F)(F)F)cc3c3cc(-c4ccc(C(F)(F)F)cc4C(F)(F)F)ccc32)c(-n2c3ccc(-c4ccc(C(F)(F)F)cc4C(F)(F)F)cc3c3cc(-c4ccc(C(F)(F)F)cc4C(F)(F)F)ccc32)cc1-c1ccncc1. The lowest BCUT2D eigenvalue weighted by Crippen LogP contribution is -2.12. The van der Waals surface area contributed by atoms with Crippen molar-refractivity contribution in [2.45, 2.75) is 49.4 Å². The van der Waals surface area contributed by atoms with E-state index < -0.39 is 138 Å². The van der Waals surface area contributed by atoms with Crippen LogP contribution in [-0.2, 0) is 49.4 Å². The van der Waals surface area contributed by atoms with Crippen LogP contribution in [0.1, 0.15) is 50.1 Å². The molecule has 0 radical (unpaired) electrons. The summed E-state index contributed by atoms with van der Waals surface area (Å²) in [5, 5.41) is 10.1. The molecule has 3 aromatic heterocycles. The average Bonchev–Trinajstić information content (AvgIpc) is 1.55. The molecule has 0 fully saturated rings. The maximum atomic E-state index is 14.9. The van der Waals surface area contributed by atoms with E-state index in [1.165, 1.54) is 45.8 Å². The van der Waals surface area contributed by atoms with Crippen LogP contribution in [0.4, 0.5) is 105 Å². The van der Waals surface area contributed by atoms with Crippen molar-refractivity contribution in [1.82, 2.24) is 14.1 Å². The minimum absolute atomic E-state index is 0.0374. The normalized spacial score (nSPS) is 13.2. The van der Waals surface area contributed by atoms with Gasteiger partial charge in [0.2, 0.25) is 0 Å². The molecule has 12 rings (SSSR count). The third-order valence-corrected chi connectivity index (χ3v) is 16.1. The van der Waals surface area contributed by atoms with Gasteiger partial charge < -0.3 is 9.13 Å². The highest BCUT2D eigenvalue weighted by Crippen LogP contribution is 2.50. The Kier molecular flexibility index (Phi) is 15.3. The second-order valence-electron chi connectivity index (χ2n) is 21.9. The first-order chi connectivity index (χ1) is 44.6. The molecular formula is C68H30F24N4. The molecule has 0 bridgehead atoms. The molecular weight excluding hydrogens is 1330 g/mol. The molecule has 28 heteroatoms. The summed E-state index contributed by atoms with van der Waals surface area (Å²) in [6.07, 6.45) is -40.6. The molecule has 0 saturated carbocycles. The predicted octanol–water partition coefficient (Wildman–Crippen LogP) is 23.6. The zero-order valence-electron chi connectivity index (χ0n) is 47.2. The molecule has 0 amide bonds. The summed E-state index contributed by atoms with van der Waals surface area (Å²) in [7, 11) is 0. The summed E-state index contributed by atoms with van der Waals surface area (Å²) in [6, 6.07) is 22.9. The summed E-state index contributed by atoms with van der Waals surface area (Å²) < 4.78 is 350. The Morgan fingerprint density at radius 3 is 0.760 bits per heavy atom. The van der Waals surface area contributed by atoms with Crippen molar-refractivity contribution in [3.8, 4) is 73.1 Å². The number of hydrogen-bond donors (Lipinski definition) is 0. The Morgan fingerprint density at radius 1 is 0.260 bits per heavy atom. The van der Waals surface area contributed by atoms with E-state index in [1.54, 1.807) is 0 Å². The quantitative estimate of drug-likeness (QED) is 0.149. The van der Waals surface area contributed by atoms with Crippen LogP contribution < -0.4 is 0 Å². The number of benzene rings is 9. The maximum absolute atomic E-state index is 14.9. The van der Waals surface area contributed by atoms with Crippen molar-refractivity contribution in [2.75, 3.05) is 0 Å². The summed E-state index contributed by atoms with van der Waals surface area (Å²) in [4.78, 5) is 4.01. The van der Waals surface area contributed by atoms with Crippen molar-refractivity contribution >= 4 is 43.6 Å². The minimum Gasteiger partial charge on any atom is -0.307 e. The largest absolute Gasteiger partial charge is 0.417 e. The molecule has 4 nitrogen and oxygen atoms in total. The molecule has 0 saturated heterocycles. The highest BCUT2D eigenvalue weighted by molar-refractivity contribution is 6.14. The number of nitriles is 1. The number of rotatable bonds is 7. The van der Waals surface area contributed by atoms with Gasteiger partial charge in [-0.2, -0.15) is 111 Å². The van der Waals surface area contributed by atoms with Crippen LogP contribution in [0.3, 0.4) is 0 Å². The number of pyridine rings is 1. The Balaban J connectivity index is 1.22. The van der Waals surface area contributed by atoms with Crippen LogP contribution in [0.15, 0.2) is 182 Å². The number of aromatic nitrogens is 3. The van der Waals surface area contributed by atoms with Gasteiger partial charge in [0.05, 0.1) is 89.6 Å². The standard InChI is InChI=1S/C68H30F24N4/c69-61(70,71)38-5-9-42(51(26-38)65(81,82)83)33-1-13-55-47(21-33)48-22-34(43-10-6-39(62(72,73)74)27-52(43)66(84,85)86)2-14-56(48)95(55)59-25-37(31-93)46(32-17-19-94-20-18-32)30-60(59)96-57-15-3-35(44-11-7-40(63(75,76)77)28-53(44)67(87,88)89)23-49(57)50-24-36(4-16-58(50)96)45-12-8-41(64(78,79)80)29-54(45)68(90,91)92/h1-30H. The predicted molar refractivity (Wildman–Crippen MR) is 305 cm³/mol. The first-order valence-electron chi connectivity index (χ1n) is 27.4. The third kappa shape index (κ3) is 11.8. The Labute approximate surface area is 521 Å². The zero-order valence-corrected chi connectivity index (χ0v) is 47.2. The first kappa shape index (κ1) is 65.6. The lowest BCUT2D eigenvalue weighted by Gasteiger charge is -2.20. The van der Waals surface area contributed by atoms with Crippen molar-refractivity contribution in [3.63, 3.8) is 0 Å². The number of hydrogen-bond acceptors (Lipinski definition) is 2. The first-order valence-corrected chi connectivity index (χ1v) is 27.4. The fourth-order valence-electron chi connectivity index (χ4n) is 11.9. The smallest absolute Gasteiger partial charge is 0.307 e. The van der Waals surface area contributed by atoms with Gasteiger partial charge in [-0.15, -0.1) is 0 Å². The van der Waals surface area contributed by atoms with Gasteiger partial charge in [0.1, 0.15) is 0 Å². The minimum atomic E-state index is -5.50. The Morgan fingerprint density at radius 2 is 0.521 bits per heavy atom. The average molecular weight is 1360 g/mol. The summed E-state index contributed by atoms with van der Waals surface area (Å²) in [5.74, 6) is 0. The molecule has 0 N–H and O–H groups in total. The fourth-order valence-corrected chi connectivity index (χ4v) is 11.9. The van der Waals surface area contributed by atoms with Gasteiger partial charge in [-0.05, 0) is 171 Å². The van der Waals surface area contributed by atoms with E-state index in [0.717, 1.165) is 72.8 Å². The zero-order chi connectivity index (χ0) is 69.5. The van der Waals surface area contributed by atoms with Gasteiger partial charge in [-0.1, -0.05) is 48.5 Å². The molecule has 0 atom stereocenters. The molecule has 9 aromatic carbocycles. The molecule has 490 valence electrons. The molecule has 0 spiro atoms. The molecule has 0 aliphatic carbocycles. The summed E-state index contributed by atoms with van der Waals surface area (Å²) in [6.45, 7) is 0. The van der Waals surface area contributed by atoms with Crippen LogP contribution in [0.5, 0.6) is 0 Å². The fraction of sp³-hybridized carbons (Fsp3) is 0.118. The van der Waals surface area contributed by atoms with E-state index in [2.05, 4.69) is 4.98 Å². The van der Waals surface area contributed by atoms with E-state index in [-0.39, 0.29) is 95.9 Å². The topological polar surface area (TPSA) is 46.5 Å². The number of nitrogens with zero attached hydrogens (tertiary/aromatic N) is 4. The van der Waals surface area contributed by atoms with E-state index >= 15 is 0 Å². The third-order valence-electron chi connectivity index (χ3n) is 16.1. The van der Waals surface area contributed by atoms with Crippen molar-refractivity contribution < 1.29 is 105 Å². The highest BCUT2D eigenvalue weighted by atomic mass is 19.4. The maximum Gasteiger partial charge on any atom is 0.417 e. The van der Waals surface area contributed by atoms with Gasteiger partial charge in [0, 0.05) is 39.5 Å². The lowest BCUT2D eigenvalue weighted by atomic mass is 9.94.